The number of carbonyl (C=O) groups excluding carboxylic acids is 1. The van der Waals surface area contributed by atoms with Gasteiger partial charge in [-0.25, -0.2) is 0 Å². The Kier molecular flexibility index (Phi) is 3.41. The summed E-state index contributed by atoms with van der Waals surface area (Å²) in [4.78, 5) is 12.1. The summed E-state index contributed by atoms with van der Waals surface area (Å²) < 4.78 is 1.82. The zero-order valence-electron chi connectivity index (χ0n) is 11.5. The molecule has 0 bridgehead atoms. The molecule has 0 fully saturated rings. The van der Waals surface area contributed by atoms with Crippen LogP contribution in [0.5, 0.6) is 0 Å². The number of carbonyl (C=O) groups is 1. The number of nitrogens with zero attached hydrogens (tertiary/aromatic N) is 2. The lowest BCUT2D eigenvalue weighted by molar-refractivity contribution is 0.0954. The number of anilines is 1. The van der Waals surface area contributed by atoms with Crippen molar-refractivity contribution in [3.8, 4) is 0 Å². The number of aromatic nitrogens is 2. The van der Waals surface area contributed by atoms with Crippen LogP contribution in [-0.4, -0.2) is 28.8 Å². The SMILES string of the molecule is Cn1nccc1CCNC(=O)c1ccc2c(c1)NCC2. The Balaban J connectivity index is 1.58. The minimum atomic E-state index is -0.0244. The minimum Gasteiger partial charge on any atom is -0.384 e. The van der Waals surface area contributed by atoms with Gasteiger partial charge >= 0.3 is 0 Å². The molecule has 0 unspecified atom stereocenters. The normalized spacial score (nSPS) is 12.8. The third-order valence-electron chi connectivity index (χ3n) is 3.67. The smallest absolute Gasteiger partial charge is 0.251 e. The first-order valence-electron chi connectivity index (χ1n) is 6.86. The number of nitrogens with one attached hydrogen (secondary N) is 2. The fourth-order valence-corrected chi connectivity index (χ4v) is 2.48. The first-order valence-corrected chi connectivity index (χ1v) is 6.86. The molecule has 104 valence electrons. The second-order valence-corrected chi connectivity index (χ2v) is 5.00. The van der Waals surface area contributed by atoms with E-state index >= 15 is 0 Å². The van der Waals surface area contributed by atoms with Gasteiger partial charge in [0, 0.05) is 49.7 Å². The molecule has 0 spiro atoms. The van der Waals surface area contributed by atoms with Gasteiger partial charge in [-0.05, 0) is 30.2 Å². The van der Waals surface area contributed by atoms with Crippen LogP contribution >= 0.6 is 0 Å². The van der Waals surface area contributed by atoms with Gasteiger partial charge in [-0.2, -0.15) is 5.10 Å². The highest BCUT2D eigenvalue weighted by Crippen LogP contribution is 2.23. The molecule has 1 aliphatic rings. The monoisotopic (exact) mass is 270 g/mol. The lowest BCUT2D eigenvalue weighted by Gasteiger charge is -2.07. The summed E-state index contributed by atoms with van der Waals surface area (Å²) in [7, 11) is 1.91. The summed E-state index contributed by atoms with van der Waals surface area (Å²) in [6, 6.07) is 7.82. The van der Waals surface area contributed by atoms with Gasteiger partial charge in [0.15, 0.2) is 0 Å². The zero-order valence-corrected chi connectivity index (χ0v) is 11.5. The van der Waals surface area contributed by atoms with E-state index in [0.717, 1.165) is 30.8 Å². The predicted octanol–water partition coefficient (Wildman–Crippen LogP) is 1.36. The topological polar surface area (TPSA) is 59.0 Å². The van der Waals surface area contributed by atoms with Crippen molar-refractivity contribution in [1.29, 1.82) is 0 Å². The van der Waals surface area contributed by atoms with Crippen LogP contribution < -0.4 is 10.6 Å². The van der Waals surface area contributed by atoms with Crippen LogP contribution in [-0.2, 0) is 19.9 Å². The van der Waals surface area contributed by atoms with E-state index < -0.39 is 0 Å². The Morgan fingerprint density at radius 2 is 2.35 bits per heavy atom. The Hall–Kier alpha value is -2.30. The Bertz CT molecular complexity index is 633. The van der Waals surface area contributed by atoms with E-state index in [1.807, 2.05) is 36.0 Å². The minimum absolute atomic E-state index is 0.0244. The fourth-order valence-electron chi connectivity index (χ4n) is 2.48. The third kappa shape index (κ3) is 2.52. The molecule has 1 aliphatic heterocycles. The zero-order chi connectivity index (χ0) is 13.9. The fraction of sp³-hybridized carbons (Fsp3) is 0.333. The van der Waals surface area contributed by atoms with E-state index in [1.54, 1.807) is 6.20 Å². The highest BCUT2D eigenvalue weighted by atomic mass is 16.1. The van der Waals surface area contributed by atoms with Crippen LogP contribution in [0, 0.1) is 0 Å². The van der Waals surface area contributed by atoms with Crippen LogP contribution in [0.2, 0.25) is 0 Å². The van der Waals surface area contributed by atoms with Crippen LogP contribution in [0.3, 0.4) is 0 Å². The quantitative estimate of drug-likeness (QED) is 0.882. The lowest BCUT2D eigenvalue weighted by Crippen LogP contribution is -2.26. The number of benzene rings is 1. The van der Waals surface area contributed by atoms with Crippen LogP contribution in [0.4, 0.5) is 5.69 Å². The number of hydrogen-bond acceptors (Lipinski definition) is 3. The molecule has 20 heavy (non-hydrogen) atoms. The number of rotatable bonds is 4. The molecule has 0 radical (unpaired) electrons. The molecule has 2 heterocycles. The van der Waals surface area contributed by atoms with E-state index in [4.69, 9.17) is 0 Å². The van der Waals surface area contributed by atoms with Crippen LogP contribution in [0.25, 0.3) is 0 Å². The second kappa shape index (κ2) is 5.36. The van der Waals surface area contributed by atoms with Gasteiger partial charge in [0.25, 0.3) is 5.91 Å². The van der Waals surface area contributed by atoms with Crippen molar-refractivity contribution in [2.24, 2.45) is 7.05 Å². The third-order valence-corrected chi connectivity index (χ3v) is 3.67. The van der Waals surface area contributed by atoms with Gasteiger partial charge < -0.3 is 10.6 Å². The maximum absolute atomic E-state index is 12.1. The number of aryl methyl sites for hydroxylation is 1. The van der Waals surface area contributed by atoms with Crippen molar-refractivity contribution in [1.82, 2.24) is 15.1 Å². The second-order valence-electron chi connectivity index (χ2n) is 5.00. The van der Waals surface area contributed by atoms with Gasteiger partial charge in [0.2, 0.25) is 0 Å². The van der Waals surface area contributed by atoms with E-state index in [9.17, 15) is 4.79 Å². The van der Waals surface area contributed by atoms with Crippen LogP contribution in [0.15, 0.2) is 30.5 Å². The molecule has 0 saturated heterocycles. The van der Waals surface area contributed by atoms with Gasteiger partial charge in [0.1, 0.15) is 0 Å². The molecule has 0 aliphatic carbocycles. The highest BCUT2D eigenvalue weighted by molar-refractivity contribution is 5.95. The maximum Gasteiger partial charge on any atom is 0.251 e. The largest absolute Gasteiger partial charge is 0.384 e. The number of hydrogen-bond donors (Lipinski definition) is 2. The Morgan fingerprint density at radius 3 is 3.15 bits per heavy atom. The molecule has 1 amide bonds. The van der Waals surface area contributed by atoms with E-state index in [1.165, 1.54) is 5.56 Å². The summed E-state index contributed by atoms with van der Waals surface area (Å²) in [6.07, 6.45) is 3.59. The summed E-state index contributed by atoms with van der Waals surface area (Å²) in [5, 5.41) is 10.3. The van der Waals surface area contributed by atoms with Crippen molar-refractivity contribution in [3.05, 3.63) is 47.3 Å². The molecular weight excluding hydrogens is 252 g/mol. The van der Waals surface area contributed by atoms with E-state index in [0.29, 0.717) is 12.1 Å². The van der Waals surface area contributed by atoms with Gasteiger partial charge in [-0.1, -0.05) is 6.07 Å². The predicted molar refractivity (Wildman–Crippen MR) is 77.9 cm³/mol. The standard InChI is InChI=1S/C15H18N4O/c1-19-13(6-9-18-19)5-8-17-15(20)12-3-2-11-4-7-16-14(11)10-12/h2-3,6,9-10,16H,4-5,7-8H2,1H3,(H,17,20). The van der Waals surface area contributed by atoms with Crippen molar-refractivity contribution in [2.45, 2.75) is 12.8 Å². The maximum atomic E-state index is 12.1. The van der Waals surface area contributed by atoms with Gasteiger partial charge in [-0.3, -0.25) is 9.48 Å². The summed E-state index contributed by atoms with van der Waals surface area (Å²) in [6.45, 7) is 1.57. The first-order chi connectivity index (χ1) is 9.74. The molecule has 1 aromatic heterocycles. The van der Waals surface area contributed by atoms with E-state index in [2.05, 4.69) is 15.7 Å². The molecule has 2 aromatic rings. The summed E-state index contributed by atoms with van der Waals surface area (Å²) in [5.41, 5.74) is 4.20. The molecule has 5 heteroatoms. The van der Waals surface area contributed by atoms with Gasteiger partial charge in [-0.15, -0.1) is 0 Å². The summed E-state index contributed by atoms with van der Waals surface area (Å²) >= 11 is 0. The van der Waals surface area contributed by atoms with Crippen molar-refractivity contribution in [2.75, 3.05) is 18.4 Å². The highest BCUT2D eigenvalue weighted by Gasteiger charge is 2.13. The summed E-state index contributed by atoms with van der Waals surface area (Å²) in [5.74, 6) is -0.0244. The molecule has 5 nitrogen and oxygen atoms in total. The van der Waals surface area contributed by atoms with Crippen LogP contribution in [0.1, 0.15) is 21.6 Å². The molecule has 0 saturated carbocycles. The lowest BCUT2D eigenvalue weighted by atomic mass is 10.1. The van der Waals surface area contributed by atoms with E-state index in [-0.39, 0.29) is 5.91 Å². The molecular formula is C15H18N4O. The number of fused-ring (bicyclic) bond motifs is 1. The molecule has 2 N–H and O–H groups in total. The number of amides is 1. The van der Waals surface area contributed by atoms with Gasteiger partial charge in [0.05, 0.1) is 0 Å². The van der Waals surface area contributed by atoms with Crippen molar-refractivity contribution < 1.29 is 4.79 Å². The Morgan fingerprint density at radius 1 is 1.45 bits per heavy atom. The van der Waals surface area contributed by atoms with Crippen molar-refractivity contribution in [3.63, 3.8) is 0 Å². The Labute approximate surface area is 118 Å². The average molecular weight is 270 g/mol. The molecule has 0 atom stereocenters. The molecule has 1 aromatic carbocycles. The first kappa shape index (κ1) is 12.7. The average Bonchev–Trinajstić information content (AvgIpc) is 3.07. The molecule has 3 rings (SSSR count). The van der Waals surface area contributed by atoms with Crippen molar-refractivity contribution >= 4 is 11.6 Å².